The molecule has 1 fully saturated rings. The maximum absolute atomic E-state index is 11.9. The lowest BCUT2D eigenvalue weighted by Crippen LogP contribution is -2.39. The summed E-state index contributed by atoms with van der Waals surface area (Å²) in [5, 5.41) is 6.18. The zero-order valence-electron chi connectivity index (χ0n) is 10.5. The zero-order chi connectivity index (χ0) is 12.3. The van der Waals surface area contributed by atoms with E-state index in [4.69, 9.17) is 0 Å². The molecular weight excluding hydrogens is 212 g/mol. The van der Waals surface area contributed by atoms with Crippen LogP contribution in [0.2, 0.25) is 0 Å². The first-order valence-electron chi connectivity index (χ1n) is 6.26. The maximum atomic E-state index is 11.9. The Balaban J connectivity index is 1.80. The van der Waals surface area contributed by atoms with Crippen molar-refractivity contribution in [2.45, 2.75) is 32.7 Å². The summed E-state index contributed by atoms with van der Waals surface area (Å²) in [4.78, 5) is 11.9. The number of hydrogen-bond donors (Lipinski definition) is 2. The quantitative estimate of drug-likeness (QED) is 0.818. The molecule has 0 saturated heterocycles. The predicted molar refractivity (Wildman–Crippen MR) is 70.0 cm³/mol. The molecule has 0 heterocycles. The third-order valence-corrected chi connectivity index (χ3v) is 3.12. The molecule has 1 aromatic carbocycles. The molecule has 92 valence electrons. The maximum Gasteiger partial charge on any atom is 0.241 e. The van der Waals surface area contributed by atoms with E-state index in [1.54, 1.807) is 0 Å². The number of hydrogen-bond acceptors (Lipinski definition) is 2. The van der Waals surface area contributed by atoms with E-state index in [2.05, 4.69) is 10.6 Å². The minimum Gasteiger partial charge on any atom is -0.325 e. The van der Waals surface area contributed by atoms with Gasteiger partial charge in [0.05, 0.1) is 6.04 Å². The van der Waals surface area contributed by atoms with E-state index in [-0.39, 0.29) is 11.9 Å². The lowest BCUT2D eigenvalue weighted by atomic mass is 10.2. The van der Waals surface area contributed by atoms with Crippen molar-refractivity contribution in [2.24, 2.45) is 5.92 Å². The van der Waals surface area contributed by atoms with Crippen LogP contribution in [0.5, 0.6) is 0 Å². The molecule has 1 amide bonds. The molecule has 1 unspecified atom stereocenters. The molecule has 1 atom stereocenters. The van der Waals surface area contributed by atoms with Crippen LogP contribution < -0.4 is 10.6 Å². The minimum atomic E-state index is -0.128. The lowest BCUT2D eigenvalue weighted by molar-refractivity contribution is -0.117. The fourth-order valence-electron chi connectivity index (χ4n) is 1.65. The van der Waals surface area contributed by atoms with E-state index in [1.165, 1.54) is 18.4 Å². The van der Waals surface area contributed by atoms with Crippen LogP contribution in [-0.4, -0.2) is 18.5 Å². The van der Waals surface area contributed by atoms with Crippen molar-refractivity contribution in [3.8, 4) is 0 Å². The van der Waals surface area contributed by atoms with Crippen molar-refractivity contribution in [3.63, 3.8) is 0 Å². The summed E-state index contributed by atoms with van der Waals surface area (Å²) in [6, 6.07) is 7.73. The van der Waals surface area contributed by atoms with Crippen LogP contribution in [0.25, 0.3) is 0 Å². The second-order valence-electron chi connectivity index (χ2n) is 4.93. The zero-order valence-corrected chi connectivity index (χ0v) is 10.5. The average Bonchev–Trinajstić information content (AvgIpc) is 3.13. The van der Waals surface area contributed by atoms with Crippen LogP contribution in [0.15, 0.2) is 24.3 Å². The molecule has 1 aliphatic carbocycles. The van der Waals surface area contributed by atoms with Gasteiger partial charge in [0.1, 0.15) is 0 Å². The van der Waals surface area contributed by atoms with Crippen molar-refractivity contribution in [1.82, 2.24) is 5.32 Å². The number of amides is 1. The first-order chi connectivity index (χ1) is 8.15. The largest absolute Gasteiger partial charge is 0.325 e. The molecule has 2 rings (SSSR count). The third-order valence-electron chi connectivity index (χ3n) is 3.12. The fourth-order valence-corrected chi connectivity index (χ4v) is 1.65. The Morgan fingerprint density at radius 3 is 2.59 bits per heavy atom. The van der Waals surface area contributed by atoms with Crippen molar-refractivity contribution >= 4 is 11.6 Å². The Morgan fingerprint density at radius 1 is 1.35 bits per heavy atom. The van der Waals surface area contributed by atoms with Gasteiger partial charge in [0.15, 0.2) is 0 Å². The molecule has 2 N–H and O–H groups in total. The topological polar surface area (TPSA) is 41.1 Å². The molecule has 1 aliphatic rings. The van der Waals surface area contributed by atoms with Crippen molar-refractivity contribution in [2.75, 3.05) is 11.9 Å². The average molecular weight is 232 g/mol. The van der Waals surface area contributed by atoms with Crippen molar-refractivity contribution in [3.05, 3.63) is 29.8 Å². The summed E-state index contributed by atoms with van der Waals surface area (Å²) in [6.45, 7) is 4.90. The van der Waals surface area contributed by atoms with E-state index >= 15 is 0 Å². The molecule has 3 nitrogen and oxygen atoms in total. The van der Waals surface area contributed by atoms with Gasteiger partial charge in [-0.2, -0.15) is 0 Å². The Hall–Kier alpha value is -1.35. The Labute approximate surface area is 103 Å². The summed E-state index contributed by atoms with van der Waals surface area (Å²) >= 11 is 0. The highest BCUT2D eigenvalue weighted by Crippen LogP contribution is 2.27. The monoisotopic (exact) mass is 232 g/mol. The van der Waals surface area contributed by atoms with Crippen LogP contribution in [-0.2, 0) is 4.79 Å². The molecule has 1 aromatic rings. The van der Waals surface area contributed by atoms with Gasteiger partial charge in [-0.05, 0) is 51.3 Å². The standard InChI is InChI=1S/C14H20N2O/c1-10-3-7-13(8-4-10)16-14(17)11(2)15-9-12-5-6-12/h3-4,7-8,11-12,15H,5-6,9H2,1-2H3,(H,16,17). The molecule has 0 spiro atoms. The number of nitrogens with one attached hydrogen (secondary N) is 2. The summed E-state index contributed by atoms with van der Waals surface area (Å²) in [5.41, 5.74) is 2.06. The Kier molecular flexibility index (Phi) is 3.79. The molecule has 0 radical (unpaired) electrons. The molecule has 17 heavy (non-hydrogen) atoms. The number of carbonyl (C=O) groups excluding carboxylic acids is 1. The van der Waals surface area contributed by atoms with E-state index in [0.29, 0.717) is 0 Å². The van der Waals surface area contributed by atoms with E-state index in [9.17, 15) is 4.79 Å². The van der Waals surface area contributed by atoms with Gasteiger partial charge in [-0.1, -0.05) is 17.7 Å². The van der Waals surface area contributed by atoms with Crippen LogP contribution in [0.4, 0.5) is 5.69 Å². The van der Waals surface area contributed by atoms with Crippen molar-refractivity contribution < 1.29 is 4.79 Å². The van der Waals surface area contributed by atoms with Crippen LogP contribution in [0, 0.1) is 12.8 Å². The van der Waals surface area contributed by atoms with Crippen LogP contribution in [0.1, 0.15) is 25.3 Å². The van der Waals surface area contributed by atoms with Crippen molar-refractivity contribution in [1.29, 1.82) is 0 Å². The summed E-state index contributed by atoms with van der Waals surface area (Å²) in [7, 11) is 0. The first-order valence-corrected chi connectivity index (χ1v) is 6.26. The van der Waals surface area contributed by atoms with Gasteiger partial charge in [0.25, 0.3) is 0 Å². The second-order valence-corrected chi connectivity index (χ2v) is 4.93. The highest BCUT2D eigenvalue weighted by Gasteiger charge is 2.22. The lowest BCUT2D eigenvalue weighted by Gasteiger charge is -2.13. The highest BCUT2D eigenvalue weighted by atomic mass is 16.2. The van der Waals surface area contributed by atoms with E-state index < -0.39 is 0 Å². The number of carbonyl (C=O) groups is 1. The van der Waals surface area contributed by atoms with Gasteiger partial charge in [-0.3, -0.25) is 4.79 Å². The summed E-state index contributed by atoms with van der Waals surface area (Å²) < 4.78 is 0. The van der Waals surface area contributed by atoms with Gasteiger partial charge in [-0.15, -0.1) is 0 Å². The highest BCUT2D eigenvalue weighted by molar-refractivity contribution is 5.94. The van der Waals surface area contributed by atoms with E-state index in [0.717, 1.165) is 18.2 Å². The first kappa shape index (κ1) is 12.1. The predicted octanol–water partition coefficient (Wildman–Crippen LogP) is 2.32. The SMILES string of the molecule is Cc1ccc(NC(=O)C(C)NCC2CC2)cc1. The number of anilines is 1. The number of benzene rings is 1. The second kappa shape index (κ2) is 5.32. The van der Waals surface area contributed by atoms with Gasteiger partial charge in [0.2, 0.25) is 5.91 Å². The molecule has 0 aromatic heterocycles. The van der Waals surface area contributed by atoms with Gasteiger partial charge in [-0.25, -0.2) is 0 Å². The Morgan fingerprint density at radius 2 is 2.00 bits per heavy atom. The smallest absolute Gasteiger partial charge is 0.241 e. The Bertz CT molecular complexity index is 382. The van der Waals surface area contributed by atoms with Crippen LogP contribution in [0.3, 0.4) is 0 Å². The number of rotatable bonds is 5. The summed E-state index contributed by atoms with van der Waals surface area (Å²) in [6.07, 6.45) is 2.61. The van der Waals surface area contributed by atoms with Gasteiger partial charge >= 0.3 is 0 Å². The van der Waals surface area contributed by atoms with Gasteiger partial charge in [0, 0.05) is 5.69 Å². The summed E-state index contributed by atoms with van der Waals surface area (Å²) in [5.74, 6) is 0.833. The van der Waals surface area contributed by atoms with E-state index in [1.807, 2.05) is 38.1 Å². The normalized spacial score (nSPS) is 16.6. The molecule has 3 heteroatoms. The molecule has 0 aliphatic heterocycles. The van der Waals surface area contributed by atoms with Crippen LogP contribution >= 0.6 is 0 Å². The fraction of sp³-hybridized carbons (Fsp3) is 0.500. The third kappa shape index (κ3) is 3.86. The minimum absolute atomic E-state index is 0.0366. The molecule has 1 saturated carbocycles. The molecule has 0 bridgehead atoms. The molecular formula is C14H20N2O. The van der Waals surface area contributed by atoms with Gasteiger partial charge < -0.3 is 10.6 Å². The number of aryl methyl sites for hydroxylation is 1.